The van der Waals surface area contributed by atoms with Gasteiger partial charge in [0.15, 0.2) is 6.23 Å². The van der Waals surface area contributed by atoms with Crippen LogP contribution in [-0.2, 0) is 4.74 Å². The first-order valence-corrected chi connectivity index (χ1v) is 8.62. The third kappa shape index (κ3) is 2.90. The molecule has 2 aromatic heterocycles. The third-order valence-electron chi connectivity index (χ3n) is 5.09. The highest BCUT2D eigenvalue weighted by Crippen LogP contribution is 2.37. The molecule has 3 heterocycles. The maximum absolute atomic E-state index is 13.5. The van der Waals surface area contributed by atoms with Crippen molar-refractivity contribution in [3.8, 4) is 0 Å². The van der Waals surface area contributed by atoms with Gasteiger partial charge in [0.2, 0.25) is 0 Å². The number of halogens is 1. The molecule has 5 atom stereocenters. The van der Waals surface area contributed by atoms with Gasteiger partial charge in [0.25, 0.3) is 0 Å². The topological polar surface area (TPSA) is 101 Å². The van der Waals surface area contributed by atoms with Crippen LogP contribution < -0.4 is 0 Å². The number of fused-ring (bicyclic) bond motifs is 1. The minimum Gasteiger partial charge on any atom is -0.387 e. The summed E-state index contributed by atoms with van der Waals surface area (Å²) in [6.45, 7) is 3.43. The predicted molar refractivity (Wildman–Crippen MR) is 94.3 cm³/mol. The molecule has 0 amide bonds. The first-order valence-electron chi connectivity index (χ1n) is 8.62. The van der Waals surface area contributed by atoms with Crippen LogP contribution in [0.25, 0.3) is 11.0 Å². The van der Waals surface area contributed by atoms with Crippen LogP contribution in [0.4, 0.5) is 4.39 Å². The number of nitrogens with zero attached hydrogens (tertiary/aromatic N) is 3. The normalized spacial score (nSPS) is 26.6. The molecule has 1 fully saturated rings. The van der Waals surface area contributed by atoms with Gasteiger partial charge in [-0.25, -0.2) is 14.4 Å². The van der Waals surface area contributed by atoms with Crippen molar-refractivity contribution < 1.29 is 24.4 Å². The average molecular weight is 373 g/mol. The van der Waals surface area contributed by atoms with E-state index in [0.717, 1.165) is 11.1 Å². The zero-order valence-corrected chi connectivity index (χ0v) is 14.8. The molecule has 1 aliphatic heterocycles. The molecule has 8 heteroatoms. The van der Waals surface area contributed by atoms with Crippen LogP contribution in [0.1, 0.15) is 29.2 Å². The van der Waals surface area contributed by atoms with Crippen molar-refractivity contribution in [2.45, 2.75) is 44.5 Å². The molecule has 0 aliphatic carbocycles. The second kappa shape index (κ2) is 6.65. The standard InChI is InChI=1S/C19H20FN3O4/c1-9-7-11(3-4-13(9)20)14(24)17-15(25)16(26)19(27-17)23-6-5-12-10(2)21-8-22-18(12)23/h3-8,14-17,19,24-26H,1-2H3/t14?,15-,16+,17+,19+/m0/s1. The van der Waals surface area contributed by atoms with E-state index >= 15 is 0 Å². The summed E-state index contributed by atoms with van der Waals surface area (Å²) in [6.07, 6.45) is -2.70. The fourth-order valence-electron chi connectivity index (χ4n) is 3.52. The van der Waals surface area contributed by atoms with Crippen LogP contribution in [0.3, 0.4) is 0 Å². The van der Waals surface area contributed by atoms with Crippen LogP contribution in [-0.4, -0.2) is 48.2 Å². The van der Waals surface area contributed by atoms with Crippen molar-refractivity contribution in [2.24, 2.45) is 0 Å². The summed E-state index contributed by atoms with van der Waals surface area (Å²) >= 11 is 0. The van der Waals surface area contributed by atoms with Crippen LogP contribution in [0.15, 0.2) is 36.8 Å². The molecule has 27 heavy (non-hydrogen) atoms. The Morgan fingerprint density at radius 1 is 1.15 bits per heavy atom. The lowest BCUT2D eigenvalue weighted by Crippen LogP contribution is -2.34. The Hall–Kier alpha value is -2.39. The van der Waals surface area contributed by atoms with Gasteiger partial charge in [0.05, 0.1) is 5.69 Å². The Morgan fingerprint density at radius 2 is 1.93 bits per heavy atom. The third-order valence-corrected chi connectivity index (χ3v) is 5.09. The maximum atomic E-state index is 13.5. The summed E-state index contributed by atoms with van der Waals surface area (Å²) < 4.78 is 20.9. The summed E-state index contributed by atoms with van der Waals surface area (Å²) in [4.78, 5) is 8.36. The number of aromatic nitrogens is 3. The molecule has 3 N–H and O–H groups in total. The van der Waals surface area contributed by atoms with E-state index in [1.165, 1.54) is 24.5 Å². The Bertz CT molecular complexity index is 992. The molecule has 0 spiro atoms. The van der Waals surface area contributed by atoms with Gasteiger partial charge < -0.3 is 24.6 Å². The average Bonchev–Trinajstić information content (AvgIpc) is 3.20. The lowest BCUT2D eigenvalue weighted by molar-refractivity contribution is -0.0848. The van der Waals surface area contributed by atoms with Gasteiger partial charge in [0.1, 0.15) is 42.2 Å². The van der Waals surface area contributed by atoms with Crippen molar-refractivity contribution in [1.29, 1.82) is 0 Å². The number of hydrogen-bond acceptors (Lipinski definition) is 6. The summed E-state index contributed by atoms with van der Waals surface area (Å²) in [5.74, 6) is -0.384. The summed E-state index contributed by atoms with van der Waals surface area (Å²) in [5.41, 5.74) is 2.12. The van der Waals surface area contributed by atoms with Gasteiger partial charge in [-0.1, -0.05) is 12.1 Å². The molecule has 1 saturated heterocycles. The molecule has 142 valence electrons. The van der Waals surface area contributed by atoms with E-state index in [2.05, 4.69) is 9.97 Å². The van der Waals surface area contributed by atoms with Crippen LogP contribution in [0, 0.1) is 19.7 Å². The number of hydrogen-bond donors (Lipinski definition) is 3. The Labute approximate surface area is 154 Å². The van der Waals surface area contributed by atoms with Gasteiger partial charge in [-0.15, -0.1) is 0 Å². The predicted octanol–water partition coefficient (Wildman–Crippen LogP) is 1.54. The number of rotatable bonds is 3. The van der Waals surface area contributed by atoms with Crippen molar-refractivity contribution in [3.05, 3.63) is 59.4 Å². The number of aliphatic hydroxyl groups is 3. The summed E-state index contributed by atoms with van der Waals surface area (Å²) in [5, 5.41) is 32.4. The van der Waals surface area contributed by atoms with Crippen LogP contribution >= 0.6 is 0 Å². The smallest absolute Gasteiger partial charge is 0.164 e. The fourth-order valence-corrected chi connectivity index (χ4v) is 3.52. The molecule has 1 aliphatic rings. The summed E-state index contributed by atoms with van der Waals surface area (Å²) in [6, 6.07) is 5.99. The van der Waals surface area contributed by atoms with Crippen LogP contribution in [0.5, 0.6) is 0 Å². The zero-order valence-electron chi connectivity index (χ0n) is 14.8. The molecule has 0 bridgehead atoms. The highest BCUT2D eigenvalue weighted by Gasteiger charge is 2.47. The molecule has 0 radical (unpaired) electrons. The highest BCUT2D eigenvalue weighted by molar-refractivity contribution is 5.78. The largest absolute Gasteiger partial charge is 0.387 e. The SMILES string of the molecule is Cc1cc(C(O)[C@H]2O[C@@H](n3ccc4c(C)ncnc43)[C@H](O)[C@@H]2O)ccc1F. The second-order valence-corrected chi connectivity index (χ2v) is 6.85. The minimum absolute atomic E-state index is 0.375. The van der Waals surface area contributed by atoms with E-state index in [1.807, 2.05) is 6.92 Å². The van der Waals surface area contributed by atoms with Crippen molar-refractivity contribution in [1.82, 2.24) is 14.5 Å². The number of aliphatic hydroxyl groups excluding tert-OH is 3. The van der Waals surface area contributed by atoms with Gasteiger partial charge in [-0.3, -0.25) is 0 Å². The summed E-state index contributed by atoms with van der Waals surface area (Å²) in [7, 11) is 0. The van der Waals surface area contributed by atoms with E-state index in [4.69, 9.17) is 4.74 Å². The van der Waals surface area contributed by atoms with Gasteiger partial charge in [-0.05, 0) is 37.1 Å². The van der Waals surface area contributed by atoms with E-state index in [-0.39, 0.29) is 5.82 Å². The molecule has 4 rings (SSSR count). The molecular formula is C19H20FN3O4. The molecule has 1 aromatic carbocycles. The Balaban J connectivity index is 1.66. The van der Waals surface area contributed by atoms with Crippen molar-refractivity contribution >= 4 is 11.0 Å². The van der Waals surface area contributed by atoms with Crippen molar-refractivity contribution in [2.75, 3.05) is 0 Å². The number of aryl methyl sites for hydroxylation is 2. The van der Waals surface area contributed by atoms with Gasteiger partial charge in [0, 0.05) is 11.6 Å². The van der Waals surface area contributed by atoms with E-state index in [9.17, 15) is 19.7 Å². The Kier molecular flexibility index (Phi) is 4.43. The monoisotopic (exact) mass is 373 g/mol. The molecule has 1 unspecified atom stereocenters. The second-order valence-electron chi connectivity index (χ2n) is 6.85. The molecule has 3 aromatic rings. The quantitative estimate of drug-likeness (QED) is 0.644. The number of benzene rings is 1. The number of ether oxygens (including phenoxy) is 1. The Morgan fingerprint density at radius 3 is 2.67 bits per heavy atom. The van der Waals surface area contributed by atoms with E-state index < -0.39 is 30.6 Å². The molecular weight excluding hydrogens is 353 g/mol. The lowest BCUT2D eigenvalue weighted by atomic mass is 9.98. The van der Waals surface area contributed by atoms with Crippen LogP contribution in [0.2, 0.25) is 0 Å². The highest BCUT2D eigenvalue weighted by atomic mass is 19.1. The van der Waals surface area contributed by atoms with Gasteiger partial charge in [-0.2, -0.15) is 0 Å². The van der Waals surface area contributed by atoms with E-state index in [1.54, 1.807) is 23.8 Å². The fraction of sp³-hybridized carbons (Fsp3) is 0.368. The maximum Gasteiger partial charge on any atom is 0.164 e. The van der Waals surface area contributed by atoms with Crippen molar-refractivity contribution in [3.63, 3.8) is 0 Å². The van der Waals surface area contributed by atoms with Gasteiger partial charge >= 0.3 is 0 Å². The first-order chi connectivity index (χ1) is 12.9. The zero-order chi connectivity index (χ0) is 19.3. The lowest BCUT2D eigenvalue weighted by Gasteiger charge is -2.22. The molecule has 7 nitrogen and oxygen atoms in total. The molecule has 0 saturated carbocycles. The first kappa shape index (κ1) is 18.0. The minimum atomic E-state index is -1.32. The van der Waals surface area contributed by atoms with E-state index in [0.29, 0.717) is 16.8 Å².